The smallest absolute Gasteiger partial charge is 0.403 e. The van der Waals surface area contributed by atoms with Crippen molar-refractivity contribution < 1.29 is 13.2 Å². The molecular formula is C17H22F3N7. The third-order valence-corrected chi connectivity index (χ3v) is 4.43. The molecule has 0 amide bonds. The highest BCUT2D eigenvalue weighted by molar-refractivity contribution is 6.00. The molecule has 1 fully saturated rings. The number of alkyl halides is 3. The predicted molar refractivity (Wildman–Crippen MR) is 96.9 cm³/mol. The second kappa shape index (κ2) is 8.70. The second-order valence-electron chi connectivity index (χ2n) is 6.40. The predicted octanol–water partition coefficient (Wildman–Crippen LogP) is 3.15. The standard InChI is InChI=1S/C17H22F3N7/c1-10(24-8-12-5-11(6-12)3-4-21)14(7-22)26-16-25-9-13(17(18,19)20)15(23-2)27-16/h7,9,11-12H,3,5-6,8,22H2,1-2H3,(H2,23,25,26,27)/b14-7+,24-10?. The number of anilines is 2. The third-order valence-electron chi connectivity index (χ3n) is 4.43. The number of rotatable bonds is 7. The van der Waals surface area contributed by atoms with Crippen molar-refractivity contribution in [1.29, 1.82) is 5.26 Å². The van der Waals surface area contributed by atoms with Crippen LogP contribution in [-0.2, 0) is 6.18 Å². The second-order valence-corrected chi connectivity index (χ2v) is 6.40. The van der Waals surface area contributed by atoms with Gasteiger partial charge in [-0.3, -0.25) is 4.99 Å². The molecule has 0 atom stereocenters. The number of aromatic nitrogens is 2. The Morgan fingerprint density at radius 2 is 2.15 bits per heavy atom. The fraction of sp³-hybridized carbons (Fsp3) is 0.529. The molecule has 1 heterocycles. The summed E-state index contributed by atoms with van der Waals surface area (Å²) in [5, 5.41) is 13.9. The lowest BCUT2D eigenvalue weighted by Gasteiger charge is -2.32. The quantitative estimate of drug-likeness (QED) is 0.626. The molecule has 27 heavy (non-hydrogen) atoms. The lowest BCUT2D eigenvalue weighted by atomic mass is 9.73. The Morgan fingerprint density at radius 3 is 2.70 bits per heavy atom. The van der Waals surface area contributed by atoms with Gasteiger partial charge in [0.05, 0.1) is 17.5 Å². The number of halogens is 3. The number of hydrogen-bond donors (Lipinski definition) is 3. The molecule has 10 heteroatoms. The Kier molecular flexibility index (Phi) is 6.60. The Hall–Kier alpha value is -2.83. The number of nitrogens with two attached hydrogens (primary N) is 1. The minimum Gasteiger partial charge on any atom is -0.403 e. The molecule has 0 spiro atoms. The van der Waals surface area contributed by atoms with Crippen LogP contribution in [0.3, 0.4) is 0 Å². The van der Waals surface area contributed by atoms with E-state index in [-0.39, 0.29) is 11.8 Å². The van der Waals surface area contributed by atoms with E-state index in [4.69, 9.17) is 11.0 Å². The first kappa shape index (κ1) is 20.5. The van der Waals surface area contributed by atoms with Crippen molar-refractivity contribution in [2.75, 3.05) is 24.2 Å². The molecule has 146 valence electrons. The Labute approximate surface area is 155 Å². The molecule has 0 unspecified atom stereocenters. The van der Waals surface area contributed by atoms with Crippen LogP contribution in [0.5, 0.6) is 0 Å². The summed E-state index contributed by atoms with van der Waals surface area (Å²) < 4.78 is 38.7. The molecule has 1 saturated carbocycles. The topological polar surface area (TPSA) is 112 Å². The van der Waals surface area contributed by atoms with Crippen LogP contribution < -0.4 is 16.4 Å². The Balaban J connectivity index is 2.02. The van der Waals surface area contributed by atoms with E-state index >= 15 is 0 Å². The molecule has 2 rings (SSSR count). The van der Waals surface area contributed by atoms with E-state index in [9.17, 15) is 13.2 Å². The molecule has 1 aliphatic rings. The van der Waals surface area contributed by atoms with Crippen molar-refractivity contribution in [1.82, 2.24) is 9.97 Å². The van der Waals surface area contributed by atoms with Crippen molar-refractivity contribution in [2.45, 2.75) is 32.4 Å². The maximum Gasteiger partial charge on any atom is 0.421 e. The molecule has 0 aliphatic heterocycles. The van der Waals surface area contributed by atoms with Gasteiger partial charge in [-0.2, -0.15) is 23.4 Å². The monoisotopic (exact) mass is 381 g/mol. The molecule has 4 N–H and O–H groups in total. The van der Waals surface area contributed by atoms with Gasteiger partial charge in [0.15, 0.2) is 0 Å². The molecule has 1 aromatic rings. The summed E-state index contributed by atoms with van der Waals surface area (Å²) in [5.74, 6) is 0.550. The summed E-state index contributed by atoms with van der Waals surface area (Å²) in [7, 11) is 1.35. The summed E-state index contributed by atoms with van der Waals surface area (Å²) in [6.07, 6.45) is -0.0235. The van der Waals surface area contributed by atoms with Gasteiger partial charge in [-0.05, 0) is 31.6 Å². The largest absolute Gasteiger partial charge is 0.421 e. The summed E-state index contributed by atoms with van der Waals surface area (Å²) in [5.41, 5.74) is 5.69. The van der Waals surface area contributed by atoms with Gasteiger partial charge in [0.1, 0.15) is 11.4 Å². The van der Waals surface area contributed by atoms with Crippen LogP contribution in [0.1, 0.15) is 31.7 Å². The van der Waals surface area contributed by atoms with Gasteiger partial charge in [-0.1, -0.05) is 0 Å². The van der Waals surface area contributed by atoms with E-state index in [0.717, 1.165) is 12.8 Å². The first-order chi connectivity index (χ1) is 12.8. The van der Waals surface area contributed by atoms with Crippen molar-refractivity contribution >= 4 is 17.5 Å². The van der Waals surface area contributed by atoms with Crippen molar-refractivity contribution in [3.8, 4) is 6.07 Å². The van der Waals surface area contributed by atoms with E-state index in [1.54, 1.807) is 6.92 Å². The lowest BCUT2D eigenvalue weighted by molar-refractivity contribution is -0.137. The van der Waals surface area contributed by atoms with Gasteiger partial charge in [-0.25, -0.2) is 4.98 Å². The van der Waals surface area contributed by atoms with Crippen molar-refractivity contribution in [3.05, 3.63) is 23.7 Å². The number of nitrogens with zero attached hydrogens (tertiary/aromatic N) is 4. The molecule has 1 aromatic heterocycles. The van der Waals surface area contributed by atoms with E-state index < -0.39 is 11.7 Å². The van der Waals surface area contributed by atoms with Gasteiger partial charge in [0, 0.05) is 32.4 Å². The average Bonchev–Trinajstić information content (AvgIpc) is 2.59. The third kappa shape index (κ3) is 5.32. The minimum absolute atomic E-state index is 0.0173. The number of aliphatic imine (C=N–C) groups is 1. The Bertz CT molecular complexity index is 759. The molecule has 0 aromatic carbocycles. The number of nitrogens with one attached hydrogen (secondary N) is 2. The zero-order valence-electron chi connectivity index (χ0n) is 15.1. The van der Waals surface area contributed by atoms with Gasteiger partial charge < -0.3 is 16.4 Å². The maximum absolute atomic E-state index is 12.9. The molecule has 1 aliphatic carbocycles. The van der Waals surface area contributed by atoms with E-state index in [1.165, 1.54) is 13.2 Å². The van der Waals surface area contributed by atoms with Crippen LogP contribution in [0.4, 0.5) is 24.9 Å². The van der Waals surface area contributed by atoms with Gasteiger partial charge in [0.25, 0.3) is 0 Å². The number of nitriles is 1. The molecule has 0 bridgehead atoms. The highest BCUT2D eigenvalue weighted by atomic mass is 19.4. The highest BCUT2D eigenvalue weighted by Gasteiger charge is 2.35. The van der Waals surface area contributed by atoms with E-state index in [2.05, 4.69) is 31.7 Å². The van der Waals surface area contributed by atoms with Crippen LogP contribution in [-0.4, -0.2) is 29.3 Å². The van der Waals surface area contributed by atoms with E-state index in [1.807, 2.05) is 0 Å². The fourth-order valence-corrected chi connectivity index (χ4v) is 2.88. The van der Waals surface area contributed by atoms with Gasteiger partial charge in [-0.15, -0.1) is 0 Å². The van der Waals surface area contributed by atoms with Gasteiger partial charge in [0.2, 0.25) is 5.95 Å². The van der Waals surface area contributed by atoms with Crippen LogP contribution in [0.2, 0.25) is 0 Å². The van der Waals surface area contributed by atoms with Crippen LogP contribution in [0.15, 0.2) is 23.1 Å². The first-order valence-corrected chi connectivity index (χ1v) is 8.47. The highest BCUT2D eigenvalue weighted by Crippen LogP contribution is 2.36. The van der Waals surface area contributed by atoms with Crippen molar-refractivity contribution in [2.24, 2.45) is 22.6 Å². The van der Waals surface area contributed by atoms with E-state index in [0.29, 0.717) is 42.4 Å². The average molecular weight is 381 g/mol. The number of allylic oxidation sites excluding steroid dienone is 1. The normalized spacial score (nSPS) is 20.6. The molecular weight excluding hydrogens is 359 g/mol. The fourth-order valence-electron chi connectivity index (χ4n) is 2.88. The summed E-state index contributed by atoms with van der Waals surface area (Å²) in [6.45, 7) is 2.36. The summed E-state index contributed by atoms with van der Waals surface area (Å²) in [6, 6.07) is 2.17. The number of hydrogen-bond acceptors (Lipinski definition) is 7. The summed E-state index contributed by atoms with van der Waals surface area (Å²) >= 11 is 0. The molecule has 0 saturated heterocycles. The lowest BCUT2D eigenvalue weighted by Crippen LogP contribution is -2.26. The Morgan fingerprint density at radius 1 is 1.44 bits per heavy atom. The van der Waals surface area contributed by atoms with Crippen LogP contribution in [0.25, 0.3) is 0 Å². The zero-order valence-corrected chi connectivity index (χ0v) is 15.1. The molecule has 0 radical (unpaired) electrons. The van der Waals surface area contributed by atoms with Crippen LogP contribution in [0, 0.1) is 23.2 Å². The molecule has 7 nitrogen and oxygen atoms in total. The van der Waals surface area contributed by atoms with Crippen LogP contribution >= 0.6 is 0 Å². The first-order valence-electron chi connectivity index (χ1n) is 8.47. The SMILES string of the molecule is CNc1nc(N/C(=C/N)C(C)=NCC2CC(CC#N)C2)ncc1C(F)(F)F. The summed E-state index contributed by atoms with van der Waals surface area (Å²) in [4.78, 5) is 12.0. The van der Waals surface area contributed by atoms with Gasteiger partial charge >= 0.3 is 6.18 Å². The zero-order chi connectivity index (χ0) is 20.0. The minimum atomic E-state index is -4.55. The van der Waals surface area contributed by atoms with Crippen molar-refractivity contribution in [3.63, 3.8) is 0 Å². The maximum atomic E-state index is 12.9.